The minimum Gasteiger partial charge on any atom is -0.433 e. The third-order valence-corrected chi connectivity index (χ3v) is 3.57. The summed E-state index contributed by atoms with van der Waals surface area (Å²) in [6.07, 6.45) is 0. The largest absolute Gasteiger partial charge is 0.433 e. The summed E-state index contributed by atoms with van der Waals surface area (Å²) < 4.78 is 28.6. The number of halogens is 3. The molecule has 24 heavy (non-hydrogen) atoms. The van der Waals surface area contributed by atoms with E-state index < -0.39 is 6.61 Å². The smallest absolute Gasteiger partial charge is 0.387 e. The fraction of sp³-hybridized carbons (Fsp3) is 0.235. The highest BCUT2D eigenvalue weighted by Crippen LogP contribution is 2.28. The molecule has 2 aromatic rings. The van der Waals surface area contributed by atoms with Gasteiger partial charge in [0.1, 0.15) is 5.75 Å². The number of alkyl halides is 2. The topological polar surface area (TPSA) is 50.4 Å². The molecule has 1 amide bonds. The fourth-order valence-electron chi connectivity index (χ4n) is 2.10. The van der Waals surface area contributed by atoms with Gasteiger partial charge in [-0.1, -0.05) is 41.9 Å². The molecule has 2 N–H and O–H groups in total. The van der Waals surface area contributed by atoms with Gasteiger partial charge in [0, 0.05) is 5.69 Å². The predicted octanol–water partition coefficient (Wildman–Crippen LogP) is 4.23. The number of anilines is 1. The van der Waals surface area contributed by atoms with Crippen molar-refractivity contribution in [2.24, 2.45) is 0 Å². The average Bonchev–Trinajstić information content (AvgIpc) is 2.55. The van der Waals surface area contributed by atoms with Crippen LogP contribution in [-0.4, -0.2) is 19.1 Å². The lowest BCUT2D eigenvalue weighted by molar-refractivity contribution is -0.120. The molecule has 0 fully saturated rings. The number of hydrogen-bond donors (Lipinski definition) is 2. The van der Waals surface area contributed by atoms with Gasteiger partial charge in [0.05, 0.1) is 17.6 Å². The minimum atomic E-state index is -2.94. The maximum absolute atomic E-state index is 12.2. The van der Waals surface area contributed by atoms with Gasteiger partial charge in [-0.3, -0.25) is 4.79 Å². The molecule has 0 saturated carbocycles. The number of ether oxygens (including phenoxy) is 1. The second kappa shape index (κ2) is 8.49. The summed E-state index contributed by atoms with van der Waals surface area (Å²) in [6, 6.07) is 13.7. The molecule has 0 bridgehead atoms. The molecular formula is C17H17ClF2N2O2. The molecule has 0 aliphatic heterocycles. The summed E-state index contributed by atoms with van der Waals surface area (Å²) in [5.74, 6) is -0.310. The van der Waals surface area contributed by atoms with Gasteiger partial charge in [-0.05, 0) is 30.7 Å². The molecule has 0 unspecified atom stereocenters. The van der Waals surface area contributed by atoms with Crippen molar-refractivity contribution in [1.29, 1.82) is 0 Å². The quantitative estimate of drug-likeness (QED) is 0.782. The fourth-order valence-corrected chi connectivity index (χ4v) is 2.33. The summed E-state index contributed by atoms with van der Waals surface area (Å²) >= 11 is 5.85. The zero-order chi connectivity index (χ0) is 17.5. The van der Waals surface area contributed by atoms with Crippen LogP contribution in [-0.2, 0) is 4.79 Å². The van der Waals surface area contributed by atoms with Crippen LogP contribution in [0.2, 0.25) is 5.02 Å². The number of carbonyl (C=O) groups is 1. The lowest BCUT2D eigenvalue weighted by Gasteiger charge is -2.15. The maximum atomic E-state index is 12.2. The number of rotatable bonds is 7. The van der Waals surface area contributed by atoms with Crippen LogP contribution in [0.4, 0.5) is 14.5 Å². The lowest BCUT2D eigenvalue weighted by atomic mass is 10.1. The van der Waals surface area contributed by atoms with Crippen molar-refractivity contribution >= 4 is 23.2 Å². The van der Waals surface area contributed by atoms with Gasteiger partial charge < -0.3 is 15.4 Å². The van der Waals surface area contributed by atoms with Gasteiger partial charge in [0.15, 0.2) is 0 Å². The summed E-state index contributed by atoms with van der Waals surface area (Å²) in [6.45, 7) is -1.02. The van der Waals surface area contributed by atoms with Crippen LogP contribution in [0.3, 0.4) is 0 Å². The molecule has 0 aromatic heterocycles. The normalized spacial score (nSPS) is 11.9. The molecule has 4 nitrogen and oxygen atoms in total. The van der Waals surface area contributed by atoms with Crippen LogP contribution in [0, 0.1) is 0 Å². The number of benzene rings is 2. The number of amides is 1. The Labute approximate surface area is 143 Å². The molecule has 0 heterocycles. The number of hydrogen-bond acceptors (Lipinski definition) is 3. The van der Waals surface area contributed by atoms with Gasteiger partial charge in [0.2, 0.25) is 5.91 Å². The highest BCUT2D eigenvalue weighted by Gasteiger charge is 2.11. The molecular weight excluding hydrogens is 338 g/mol. The molecule has 2 rings (SSSR count). The first-order chi connectivity index (χ1) is 11.5. The first-order valence-electron chi connectivity index (χ1n) is 7.28. The SMILES string of the molecule is C[C@@H](NC(=O)CNc1ccc(OC(F)F)c(Cl)c1)c1ccccc1. The Balaban J connectivity index is 1.86. The third kappa shape index (κ3) is 5.38. The first-order valence-corrected chi connectivity index (χ1v) is 7.66. The second-order valence-corrected chi connectivity index (χ2v) is 5.48. The molecule has 1 atom stereocenters. The zero-order valence-corrected chi connectivity index (χ0v) is 13.7. The van der Waals surface area contributed by atoms with Gasteiger partial charge in [-0.2, -0.15) is 8.78 Å². The Bertz CT molecular complexity index is 684. The van der Waals surface area contributed by atoms with E-state index in [1.54, 1.807) is 0 Å². The standard InChI is InChI=1S/C17H17ClF2N2O2/c1-11(12-5-3-2-4-6-12)22-16(23)10-21-13-7-8-15(14(18)9-13)24-17(19)20/h2-9,11,17,21H,10H2,1H3,(H,22,23)/t11-/m1/s1. The van der Waals surface area contributed by atoms with Crippen molar-refractivity contribution in [2.75, 3.05) is 11.9 Å². The monoisotopic (exact) mass is 354 g/mol. The van der Waals surface area contributed by atoms with E-state index in [1.165, 1.54) is 18.2 Å². The Morgan fingerprint density at radius 3 is 2.54 bits per heavy atom. The lowest BCUT2D eigenvalue weighted by Crippen LogP contribution is -2.32. The van der Waals surface area contributed by atoms with Gasteiger partial charge in [0.25, 0.3) is 0 Å². The summed E-state index contributed by atoms with van der Waals surface area (Å²) in [7, 11) is 0. The minimum absolute atomic E-state index is 0.0303. The molecule has 0 saturated heterocycles. The predicted molar refractivity (Wildman–Crippen MR) is 89.6 cm³/mol. The second-order valence-electron chi connectivity index (χ2n) is 5.08. The van der Waals surface area contributed by atoms with Gasteiger partial charge in [-0.15, -0.1) is 0 Å². The van der Waals surface area contributed by atoms with Crippen molar-refractivity contribution in [2.45, 2.75) is 19.6 Å². The van der Waals surface area contributed by atoms with Crippen LogP contribution in [0.15, 0.2) is 48.5 Å². The number of carbonyl (C=O) groups excluding carboxylic acids is 1. The van der Waals surface area contributed by atoms with Crippen molar-refractivity contribution in [1.82, 2.24) is 5.32 Å². The number of nitrogens with one attached hydrogen (secondary N) is 2. The Kier molecular flexibility index (Phi) is 6.37. The van der Waals surface area contributed by atoms with E-state index >= 15 is 0 Å². The van der Waals surface area contributed by atoms with Crippen LogP contribution < -0.4 is 15.4 Å². The molecule has 0 aliphatic carbocycles. The van der Waals surface area contributed by atoms with Crippen LogP contribution >= 0.6 is 11.6 Å². The van der Waals surface area contributed by atoms with Crippen LogP contribution in [0.1, 0.15) is 18.5 Å². The Morgan fingerprint density at radius 2 is 1.92 bits per heavy atom. The summed E-state index contributed by atoms with van der Waals surface area (Å²) in [5, 5.41) is 5.78. The molecule has 2 aromatic carbocycles. The molecule has 0 aliphatic rings. The maximum Gasteiger partial charge on any atom is 0.387 e. The molecule has 128 valence electrons. The zero-order valence-electron chi connectivity index (χ0n) is 12.9. The van der Waals surface area contributed by atoms with E-state index in [9.17, 15) is 13.6 Å². The van der Waals surface area contributed by atoms with E-state index in [2.05, 4.69) is 15.4 Å². The highest BCUT2D eigenvalue weighted by atomic mass is 35.5. The van der Waals surface area contributed by atoms with Crippen molar-refractivity contribution in [3.63, 3.8) is 0 Å². The Hall–Kier alpha value is -2.34. The van der Waals surface area contributed by atoms with E-state index in [1.807, 2.05) is 37.3 Å². The molecule has 0 radical (unpaired) electrons. The Morgan fingerprint density at radius 1 is 1.21 bits per heavy atom. The van der Waals surface area contributed by atoms with E-state index in [0.29, 0.717) is 5.69 Å². The average molecular weight is 355 g/mol. The van der Waals surface area contributed by atoms with Crippen LogP contribution in [0.25, 0.3) is 0 Å². The van der Waals surface area contributed by atoms with Crippen molar-refractivity contribution < 1.29 is 18.3 Å². The third-order valence-electron chi connectivity index (χ3n) is 3.28. The summed E-state index contributed by atoms with van der Waals surface area (Å²) in [4.78, 5) is 12.0. The van der Waals surface area contributed by atoms with Crippen molar-refractivity contribution in [3.05, 3.63) is 59.1 Å². The summed E-state index contributed by atoms with van der Waals surface area (Å²) in [5.41, 5.74) is 1.53. The molecule has 0 spiro atoms. The van der Waals surface area contributed by atoms with E-state index in [0.717, 1.165) is 5.56 Å². The van der Waals surface area contributed by atoms with Gasteiger partial charge in [-0.25, -0.2) is 0 Å². The first kappa shape index (κ1) is 18.0. The van der Waals surface area contributed by atoms with Crippen molar-refractivity contribution in [3.8, 4) is 5.75 Å². The molecule has 7 heteroatoms. The van der Waals surface area contributed by atoms with E-state index in [-0.39, 0.29) is 29.3 Å². The highest BCUT2D eigenvalue weighted by molar-refractivity contribution is 6.32. The van der Waals surface area contributed by atoms with Crippen LogP contribution in [0.5, 0.6) is 5.75 Å². The van der Waals surface area contributed by atoms with E-state index in [4.69, 9.17) is 11.6 Å². The van der Waals surface area contributed by atoms with Gasteiger partial charge >= 0.3 is 6.61 Å².